The van der Waals surface area contributed by atoms with Gasteiger partial charge in [-0.05, 0) is 48.8 Å². The number of fused-ring (bicyclic) bond motifs is 1. The van der Waals surface area contributed by atoms with Crippen molar-refractivity contribution < 1.29 is 28.7 Å². The van der Waals surface area contributed by atoms with Gasteiger partial charge in [0.15, 0.2) is 0 Å². The molecule has 1 aromatic carbocycles. The number of hydrogen-bond acceptors (Lipinski definition) is 7. The SMILES string of the molecule is CC(=O)N1CCC[C@H]1C(=O)N[C@@H]1COC(=O)c2cccc(C3CC3)c2CSC[C@H](C(=O)N(C)C)NC1=O. The number of nitrogens with zero attached hydrogens (tertiary/aromatic N) is 2. The molecule has 0 aromatic heterocycles. The van der Waals surface area contributed by atoms with Gasteiger partial charge in [-0.1, -0.05) is 12.1 Å². The zero-order valence-electron chi connectivity index (χ0n) is 21.5. The second-order valence-electron chi connectivity index (χ2n) is 9.99. The molecular weight excluding hydrogens is 496 g/mol. The molecule has 11 heteroatoms. The Morgan fingerprint density at radius 2 is 1.92 bits per heavy atom. The van der Waals surface area contributed by atoms with Crippen molar-refractivity contribution in [2.45, 2.75) is 62.4 Å². The summed E-state index contributed by atoms with van der Waals surface area (Å²) in [6.45, 7) is 1.47. The molecule has 2 aliphatic heterocycles. The standard InChI is InChI=1S/C26H34N4O6S/c1-15(31)30-11-5-8-22(30)24(33)27-20-12-36-26(35)18-7-4-6-17(16-9-10-16)19(18)13-37-14-21(28-23(20)32)25(34)29(2)3/h4,6-7,16,20-22H,5,8-14H2,1-3H3,(H,27,33)(H,28,32)/t20-,21-,22+/m1/s1. The quantitative estimate of drug-likeness (QED) is 0.557. The fourth-order valence-corrected chi connectivity index (χ4v) is 5.98. The van der Waals surface area contributed by atoms with Gasteiger partial charge in [-0.2, -0.15) is 11.8 Å². The molecule has 1 aromatic rings. The maximum absolute atomic E-state index is 13.3. The summed E-state index contributed by atoms with van der Waals surface area (Å²) in [6.07, 6.45) is 3.30. The molecule has 0 radical (unpaired) electrons. The number of thioether (sulfide) groups is 1. The molecule has 10 nitrogen and oxygen atoms in total. The molecule has 2 heterocycles. The van der Waals surface area contributed by atoms with Crippen LogP contribution in [0, 0.1) is 0 Å². The lowest BCUT2D eigenvalue weighted by Gasteiger charge is -2.28. The highest BCUT2D eigenvalue weighted by atomic mass is 32.2. The summed E-state index contributed by atoms with van der Waals surface area (Å²) in [4.78, 5) is 67.2. The summed E-state index contributed by atoms with van der Waals surface area (Å²) < 4.78 is 5.56. The predicted molar refractivity (Wildman–Crippen MR) is 138 cm³/mol. The van der Waals surface area contributed by atoms with Gasteiger partial charge in [0.2, 0.25) is 23.6 Å². The normalized spacial score (nSPS) is 24.6. The van der Waals surface area contributed by atoms with Gasteiger partial charge in [-0.15, -0.1) is 0 Å². The minimum absolute atomic E-state index is 0.219. The molecule has 4 rings (SSSR count). The lowest BCUT2D eigenvalue weighted by molar-refractivity contribution is -0.139. The van der Waals surface area contributed by atoms with E-state index in [1.807, 2.05) is 12.1 Å². The number of hydrogen-bond donors (Lipinski definition) is 2. The van der Waals surface area contributed by atoms with Crippen LogP contribution in [0.5, 0.6) is 0 Å². The first-order valence-corrected chi connectivity index (χ1v) is 13.8. The third kappa shape index (κ3) is 6.26. The van der Waals surface area contributed by atoms with Crippen LogP contribution in [0.1, 0.15) is 60.0 Å². The van der Waals surface area contributed by atoms with Crippen molar-refractivity contribution in [3.63, 3.8) is 0 Å². The van der Waals surface area contributed by atoms with Crippen molar-refractivity contribution in [1.82, 2.24) is 20.4 Å². The number of nitrogens with one attached hydrogen (secondary N) is 2. The molecule has 1 aliphatic carbocycles. The fraction of sp³-hybridized carbons (Fsp3) is 0.577. The van der Waals surface area contributed by atoms with Crippen LogP contribution in [0.4, 0.5) is 0 Å². The zero-order valence-corrected chi connectivity index (χ0v) is 22.3. The molecule has 0 bridgehead atoms. The van der Waals surface area contributed by atoms with Gasteiger partial charge >= 0.3 is 5.97 Å². The van der Waals surface area contributed by atoms with E-state index in [-0.39, 0.29) is 11.8 Å². The number of amides is 4. The number of esters is 1. The van der Waals surface area contributed by atoms with E-state index < -0.39 is 42.5 Å². The minimum atomic E-state index is -1.22. The van der Waals surface area contributed by atoms with E-state index in [4.69, 9.17) is 4.74 Å². The Morgan fingerprint density at radius 3 is 2.59 bits per heavy atom. The predicted octanol–water partition coefficient (Wildman–Crippen LogP) is 1.04. The highest BCUT2D eigenvalue weighted by molar-refractivity contribution is 7.98. The molecule has 3 aliphatic rings. The van der Waals surface area contributed by atoms with Crippen molar-refractivity contribution in [3.05, 3.63) is 34.9 Å². The van der Waals surface area contributed by atoms with E-state index in [1.54, 1.807) is 20.2 Å². The Kier molecular flexibility index (Phi) is 8.41. The first-order valence-electron chi connectivity index (χ1n) is 12.6. The van der Waals surface area contributed by atoms with Crippen LogP contribution < -0.4 is 10.6 Å². The van der Waals surface area contributed by atoms with E-state index in [0.717, 1.165) is 24.0 Å². The van der Waals surface area contributed by atoms with Gasteiger partial charge in [-0.25, -0.2) is 4.79 Å². The van der Waals surface area contributed by atoms with Gasteiger partial charge in [0, 0.05) is 39.1 Å². The second-order valence-corrected chi connectivity index (χ2v) is 11.0. The number of carbonyl (C=O) groups excluding carboxylic acids is 5. The first-order chi connectivity index (χ1) is 17.7. The van der Waals surface area contributed by atoms with E-state index in [0.29, 0.717) is 42.4 Å². The van der Waals surface area contributed by atoms with E-state index in [9.17, 15) is 24.0 Å². The summed E-state index contributed by atoms with van der Waals surface area (Å²) >= 11 is 1.47. The molecule has 2 fully saturated rings. The van der Waals surface area contributed by atoms with Crippen molar-refractivity contribution in [2.75, 3.05) is 33.0 Å². The first kappa shape index (κ1) is 27.0. The number of carbonyl (C=O) groups is 5. The Labute approximate surface area is 220 Å². The lowest BCUT2D eigenvalue weighted by Crippen LogP contribution is -2.58. The van der Waals surface area contributed by atoms with Gasteiger partial charge in [-0.3, -0.25) is 19.2 Å². The monoisotopic (exact) mass is 530 g/mol. The number of ether oxygens (including phenoxy) is 1. The topological polar surface area (TPSA) is 125 Å². The Morgan fingerprint density at radius 1 is 1.16 bits per heavy atom. The van der Waals surface area contributed by atoms with Crippen molar-refractivity contribution in [1.29, 1.82) is 0 Å². The summed E-state index contributed by atoms with van der Waals surface area (Å²) in [7, 11) is 3.24. The van der Waals surface area contributed by atoms with Gasteiger partial charge in [0.05, 0.1) is 5.56 Å². The van der Waals surface area contributed by atoms with Gasteiger partial charge in [0.25, 0.3) is 0 Å². The van der Waals surface area contributed by atoms with Crippen molar-refractivity contribution in [3.8, 4) is 0 Å². The van der Waals surface area contributed by atoms with Crippen LogP contribution in [-0.4, -0.2) is 90.5 Å². The van der Waals surface area contributed by atoms with Gasteiger partial charge < -0.3 is 25.2 Å². The minimum Gasteiger partial charge on any atom is -0.459 e. The van der Waals surface area contributed by atoms with E-state index in [2.05, 4.69) is 10.6 Å². The Hall–Kier alpha value is -3.08. The second kappa shape index (κ2) is 11.5. The molecule has 1 saturated carbocycles. The molecule has 1 saturated heterocycles. The fourth-order valence-electron chi connectivity index (χ4n) is 4.88. The summed E-state index contributed by atoms with van der Waals surface area (Å²) in [5.74, 6) is -0.932. The number of likely N-dealkylation sites (N-methyl/N-ethyl adjacent to an activating group) is 1. The number of benzene rings is 1. The third-order valence-electron chi connectivity index (χ3n) is 7.01. The maximum atomic E-state index is 13.3. The molecular formula is C26H34N4O6S. The maximum Gasteiger partial charge on any atom is 0.338 e. The average Bonchev–Trinajstić information content (AvgIpc) is 3.58. The Balaban J connectivity index is 1.60. The number of cyclic esters (lactones) is 1. The lowest BCUT2D eigenvalue weighted by atomic mass is 9.99. The van der Waals surface area contributed by atoms with Crippen LogP contribution in [-0.2, 0) is 29.7 Å². The number of rotatable bonds is 4. The Bertz CT molecular complexity index is 1090. The third-order valence-corrected chi connectivity index (χ3v) is 8.07. The summed E-state index contributed by atoms with van der Waals surface area (Å²) in [6, 6.07) is 2.85. The van der Waals surface area contributed by atoms with Crippen LogP contribution in [0.25, 0.3) is 0 Å². The highest BCUT2D eigenvalue weighted by Crippen LogP contribution is 2.43. The molecule has 0 unspecified atom stereocenters. The van der Waals surface area contributed by atoms with E-state index >= 15 is 0 Å². The smallest absolute Gasteiger partial charge is 0.338 e. The summed E-state index contributed by atoms with van der Waals surface area (Å²) in [5.41, 5.74) is 2.46. The van der Waals surface area contributed by atoms with Crippen molar-refractivity contribution >= 4 is 41.4 Å². The highest BCUT2D eigenvalue weighted by Gasteiger charge is 2.36. The molecule has 200 valence electrons. The van der Waals surface area contributed by atoms with Crippen LogP contribution in [0.3, 0.4) is 0 Å². The molecule has 37 heavy (non-hydrogen) atoms. The molecule has 0 spiro atoms. The summed E-state index contributed by atoms with van der Waals surface area (Å²) in [5, 5.41) is 5.41. The molecule has 2 N–H and O–H groups in total. The number of likely N-dealkylation sites (tertiary alicyclic amines) is 1. The van der Waals surface area contributed by atoms with E-state index in [1.165, 1.54) is 28.5 Å². The van der Waals surface area contributed by atoms with Crippen molar-refractivity contribution in [2.24, 2.45) is 0 Å². The van der Waals surface area contributed by atoms with Crippen LogP contribution >= 0.6 is 11.8 Å². The molecule has 3 atom stereocenters. The zero-order chi connectivity index (χ0) is 26.7. The van der Waals surface area contributed by atoms with Gasteiger partial charge in [0.1, 0.15) is 24.7 Å². The van der Waals surface area contributed by atoms with Crippen LogP contribution in [0.15, 0.2) is 18.2 Å². The average molecular weight is 531 g/mol. The molecule has 4 amide bonds. The largest absolute Gasteiger partial charge is 0.459 e. The van der Waals surface area contributed by atoms with Crippen LogP contribution in [0.2, 0.25) is 0 Å².